The normalized spacial score (nSPS) is 14.0. The van der Waals surface area contributed by atoms with Gasteiger partial charge in [-0.05, 0) is 68.1 Å². The van der Waals surface area contributed by atoms with Gasteiger partial charge in [0.05, 0.1) is 11.3 Å². The van der Waals surface area contributed by atoms with Crippen LogP contribution >= 0.6 is 0 Å². The van der Waals surface area contributed by atoms with Crippen molar-refractivity contribution >= 4 is 11.8 Å². The second-order valence-corrected chi connectivity index (χ2v) is 9.38. The van der Waals surface area contributed by atoms with Gasteiger partial charge in [0.2, 0.25) is 0 Å². The van der Waals surface area contributed by atoms with Crippen LogP contribution in [0.4, 0.5) is 0 Å². The smallest absolute Gasteiger partial charge is 0.257 e. The zero-order valence-electron chi connectivity index (χ0n) is 20.6. The molecule has 1 saturated heterocycles. The predicted octanol–water partition coefficient (Wildman–Crippen LogP) is 5.19. The minimum atomic E-state index is -0.0680. The molecule has 1 aliphatic heterocycles. The Kier molecular flexibility index (Phi) is 6.67. The summed E-state index contributed by atoms with van der Waals surface area (Å²) in [6.07, 6.45) is 3.28. The first-order valence-corrected chi connectivity index (χ1v) is 12.4. The minimum Gasteiger partial charge on any atom is -0.349 e. The molecule has 36 heavy (non-hydrogen) atoms. The molecule has 6 heteroatoms. The number of carbonyl (C=O) groups excluding carboxylic acids is 2. The van der Waals surface area contributed by atoms with Crippen molar-refractivity contribution < 1.29 is 9.59 Å². The van der Waals surface area contributed by atoms with Crippen molar-refractivity contribution in [2.75, 3.05) is 13.1 Å². The number of aromatic nitrogens is 2. The van der Waals surface area contributed by atoms with Crippen LogP contribution in [0, 0.1) is 13.8 Å². The van der Waals surface area contributed by atoms with Crippen LogP contribution in [-0.4, -0.2) is 45.6 Å². The average Bonchev–Trinajstić information content (AvgIpc) is 3.37. The maximum Gasteiger partial charge on any atom is 0.257 e. The number of rotatable bonds is 5. The van der Waals surface area contributed by atoms with E-state index in [1.165, 1.54) is 5.56 Å². The number of benzene rings is 3. The summed E-state index contributed by atoms with van der Waals surface area (Å²) >= 11 is 0. The lowest BCUT2D eigenvalue weighted by Crippen LogP contribution is -2.46. The van der Waals surface area contributed by atoms with E-state index < -0.39 is 0 Å². The molecule has 0 atom stereocenters. The van der Waals surface area contributed by atoms with Crippen LogP contribution in [0.3, 0.4) is 0 Å². The third kappa shape index (κ3) is 4.93. The molecule has 1 aliphatic rings. The zero-order chi connectivity index (χ0) is 25.1. The lowest BCUT2D eigenvalue weighted by Gasteiger charge is -2.32. The van der Waals surface area contributed by atoms with Crippen LogP contribution in [0.5, 0.6) is 0 Å². The van der Waals surface area contributed by atoms with E-state index in [4.69, 9.17) is 5.10 Å². The first kappa shape index (κ1) is 23.5. The number of aryl methyl sites for hydroxylation is 2. The molecule has 1 N–H and O–H groups in total. The molecule has 0 radical (unpaired) electrons. The lowest BCUT2D eigenvalue weighted by atomic mass is 10.0. The quantitative estimate of drug-likeness (QED) is 0.429. The molecule has 0 aliphatic carbocycles. The summed E-state index contributed by atoms with van der Waals surface area (Å²) in [7, 11) is 0. The van der Waals surface area contributed by atoms with E-state index in [0.717, 1.165) is 29.7 Å². The van der Waals surface area contributed by atoms with Crippen LogP contribution < -0.4 is 5.32 Å². The van der Waals surface area contributed by atoms with Crippen molar-refractivity contribution in [2.45, 2.75) is 32.7 Å². The third-order valence-corrected chi connectivity index (χ3v) is 6.90. The molecule has 4 aromatic rings. The number of carbonyl (C=O) groups is 2. The largest absolute Gasteiger partial charge is 0.349 e. The number of hydrogen-bond acceptors (Lipinski definition) is 3. The summed E-state index contributed by atoms with van der Waals surface area (Å²) in [5.41, 5.74) is 6.14. The maximum absolute atomic E-state index is 13.7. The number of likely N-dealkylation sites (tertiary alicyclic amines) is 1. The van der Waals surface area contributed by atoms with Crippen molar-refractivity contribution in [1.82, 2.24) is 20.0 Å². The number of piperidine rings is 1. The summed E-state index contributed by atoms with van der Waals surface area (Å²) in [6, 6.07) is 25.3. The van der Waals surface area contributed by atoms with Gasteiger partial charge in [-0.2, -0.15) is 5.10 Å². The summed E-state index contributed by atoms with van der Waals surface area (Å²) in [6.45, 7) is 5.32. The fourth-order valence-electron chi connectivity index (χ4n) is 4.60. The molecule has 6 nitrogen and oxygen atoms in total. The minimum absolute atomic E-state index is 0.0294. The van der Waals surface area contributed by atoms with Gasteiger partial charge in [0.15, 0.2) is 0 Å². The van der Waals surface area contributed by atoms with Crippen LogP contribution in [0.1, 0.15) is 44.7 Å². The monoisotopic (exact) mass is 478 g/mol. The molecule has 5 rings (SSSR count). The fourth-order valence-corrected chi connectivity index (χ4v) is 4.60. The Morgan fingerprint density at radius 2 is 1.53 bits per heavy atom. The molecule has 0 saturated carbocycles. The van der Waals surface area contributed by atoms with E-state index in [-0.39, 0.29) is 17.9 Å². The summed E-state index contributed by atoms with van der Waals surface area (Å²) in [5.74, 6) is -0.0974. The van der Waals surface area contributed by atoms with Crippen LogP contribution in [0.15, 0.2) is 85.1 Å². The Morgan fingerprint density at radius 1 is 0.861 bits per heavy atom. The van der Waals surface area contributed by atoms with Crippen LogP contribution in [0.2, 0.25) is 0 Å². The van der Waals surface area contributed by atoms with E-state index in [1.54, 1.807) is 4.68 Å². The van der Waals surface area contributed by atoms with Gasteiger partial charge in [-0.15, -0.1) is 0 Å². The summed E-state index contributed by atoms with van der Waals surface area (Å²) in [4.78, 5) is 28.1. The fraction of sp³-hybridized carbons (Fsp3) is 0.233. The SMILES string of the molecule is Cc1ccc(-c2nn(-c3ccccc3)cc2C(=O)N2CCC(NC(=O)c3ccccc3)CC2)cc1C. The van der Waals surface area contributed by atoms with Gasteiger partial charge in [-0.3, -0.25) is 9.59 Å². The Hall–Kier alpha value is -4.19. The van der Waals surface area contributed by atoms with Gasteiger partial charge in [-0.1, -0.05) is 48.5 Å². The van der Waals surface area contributed by atoms with Crippen molar-refractivity contribution in [2.24, 2.45) is 0 Å². The van der Waals surface area contributed by atoms with Crippen molar-refractivity contribution in [3.8, 4) is 16.9 Å². The highest BCUT2D eigenvalue weighted by Crippen LogP contribution is 2.28. The molecule has 0 spiro atoms. The molecule has 3 aromatic carbocycles. The Labute approximate surface area is 211 Å². The Morgan fingerprint density at radius 3 is 2.19 bits per heavy atom. The van der Waals surface area contributed by atoms with Gasteiger partial charge in [0.25, 0.3) is 11.8 Å². The second-order valence-electron chi connectivity index (χ2n) is 9.38. The van der Waals surface area contributed by atoms with Gasteiger partial charge in [0.1, 0.15) is 5.69 Å². The van der Waals surface area contributed by atoms with E-state index in [9.17, 15) is 9.59 Å². The van der Waals surface area contributed by atoms with E-state index in [1.807, 2.05) is 77.8 Å². The maximum atomic E-state index is 13.7. The molecule has 0 bridgehead atoms. The first-order valence-electron chi connectivity index (χ1n) is 12.4. The highest BCUT2D eigenvalue weighted by molar-refractivity contribution is 6.00. The van der Waals surface area contributed by atoms with E-state index in [2.05, 4.69) is 31.3 Å². The Balaban J connectivity index is 1.36. The van der Waals surface area contributed by atoms with Crippen LogP contribution in [-0.2, 0) is 0 Å². The standard InChI is InChI=1S/C30H30N4O2/c1-21-13-14-24(19-22(21)2)28-27(20-34(32-28)26-11-7-4-8-12-26)30(36)33-17-15-25(16-18-33)31-29(35)23-9-5-3-6-10-23/h3-14,19-20,25H,15-18H2,1-2H3,(H,31,35). The average molecular weight is 479 g/mol. The molecule has 182 valence electrons. The van der Waals surface area contributed by atoms with Crippen LogP contribution in [0.25, 0.3) is 16.9 Å². The summed E-state index contributed by atoms with van der Waals surface area (Å²) < 4.78 is 1.78. The third-order valence-electron chi connectivity index (χ3n) is 6.90. The first-order chi connectivity index (χ1) is 17.5. The van der Waals surface area contributed by atoms with Gasteiger partial charge in [0, 0.05) is 36.5 Å². The van der Waals surface area contributed by atoms with Gasteiger partial charge < -0.3 is 10.2 Å². The Bertz CT molecular complexity index is 1370. The zero-order valence-corrected chi connectivity index (χ0v) is 20.6. The van der Waals surface area contributed by atoms with Crippen molar-refractivity contribution in [1.29, 1.82) is 0 Å². The van der Waals surface area contributed by atoms with Gasteiger partial charge in [-0.25, -0.2) is 4.68 Å². The highest BCUT2D eigenvalue weighted by atomic mass is 16.2. The topological polar surface area (TPSA) is 67.2 Å². The number of hydrogen-bond donors (Lipinski definition) is 1. The number of para-hydroxylation sites is 1. The summed E-state index contributed by atoms with van der Waals surface area (Å²) in [5, 5.41) is 7.95. The molecular formula is C30H30N4O2. The lowest BCUT2D eigenvalue weighted by molar-refractivity contribution is 0.0699. The van der Waals surface area contributed by atoms with Gasteiger partial charge >= 0.3 is 0 Å². The second kappa shape index (κ2) is 10.2. The molecule has 1 fully saturated rings. The number of nitrogens with zero attached hydrogens (tertiary/aromatic N) is 3. The molecule has 0 unspecified atom stereocenters. The predicted molar refractivity (Wildman–Crippen MR) is 141 cm³/mol. The molecule has 1 aromatic heterocycles. The molecule has 2 amide bonds. The van der Waals surface area contributed by atoms with Crippen molar-refractivity contribution in [3.05, 3.63) is 107 Å². The molecular weight excluding hydrogens is 448 g/mol. The molecule has 2 heterocycles. The van der Waals surface area contributed by atoms with E-state index >= 15 is 0 Å². The van der Waals surface area contributed by atoms with Crippen molar-refractivity contribution in [3.63, 3.8) is 0 Å². The van der Waals surface area contributed by atoms with E-state index in [0.29, 0.717) is 29.9 Å². The highest BCUT2D eigenvalue weighted by Gasteiger charge is 2.28. The number of nitrogens with one attached hydrogen (secondary N) is 1. The number of amides is 2.